The fourth-order valence-corrected chi connectivity index (χ4v) is 3.35. The van der Waals surface area contributed by atoms with Gasteiger partial charge in [-0.05, 0) is 26.3 Å². The van der Waals surface area contributed by atoms with Crippen LogP contribution in [0, 0.1) is 0 Å². The minimum Gasteiger partial charge on any atom is -0.377 e. The van der Waals surface area contributed by atoms with E-state index < -0.39 is 0 Å². The summed E-state index contributed by atoms with van der Waals surface area (Å²) in [7, 11) is 0. The fourth-order valence-electron chi connectivity index (χ4n) is 2.54. The summed E-state index contributed by atoms with van der Waals surface area (Å²) in [6.07, 6.45) is 2.36. The van der Waals surface area contributed by atoms with Crippen molar-refractivity contribution in [2.24, 2.45) is 0 Å². The summed E-state index contributed by atoms with van der Waals surface area (Å²) in [6.45, 7) is 10.9. The van der Waals surface area contributed by atoms with E-state index in [4.69, 9.17) is 4.74 Å². The van der Waals surface area contributed by atoms with Gasteiger partial charge in [-0.25, -0.2) is 4.98 Å². The third-order valence-corrected chi connectivity index (χ3v) is 4.87. The maximum absolute atomic E-state index is 12.0. The van der Waals surface area contributed by atoms with Gasteiger partial charge < -0.3 is 15.0 Å². The molecule has 6 heteroatoms. The highest BCUT2D eigenvalue weighted by Gasteiger charge is 2.15. The molecule has 0 bridgehead atoms. The molecule has 1 aromatic heterocycles. The summed E-state index contributed by atoms with van der Waals surface area (Å²) < 4.78 is 5.64. The Morgan fingerprint density at radius 2 is 2.41 bits per heavy atom. The SMILES string of the molecule is CC1CN(CCCNC(=O)c2csc(C(C)C)n2)CCCO1. The summed E-state index contributed by atoms with van der Waals surface area (Å²) in [6, 6.07) is 0. The largest absolute Gasteiger partial charge is 0.377 e. The molecule has 0 aliphatic carbocycles. The molecule has 0 aromatic carbocycles. The second kappa shape index (κ2) is 8.60. The molecule has 1 fully saturated rings. The lowest BCUT2D eigenvalue weighted by molar-refractivity contribution is 0.0675. The smallest absolute Gasteiger partial charge is 0.270 e. The Kier molecular flexibility index (Phi) is 6.79. The van der Waals surface area contributed by atoms with Crippen LogP contribution in [0.3, 0.4) is 0 Å². The van der Waals surface area contributed by atoms with Gasteiger partial charge in [0.1, 0.15) is 5.69 Å². The number of thiazole rings is 1. The first-order valence-electron chi connectivity index (χ1n) is 8.14. The van der Waals surface area contributed by atoms with Crippen molar-refractivity contribution in [2.45, 2.75) is 45.6 Å². The molecule has 2 rings (SSSR count). The number of hydrogen-bond donors (Lipinski definition) is 1. The molecule has 0 radical (unpaired) electrons. The maximum atomic E-state index is 12.0. The number of hydrogen-bond acceptors (Lipinski definition) is 5. The summed E-state index contributed by atoms with van der Waals surface area (Å²) in [4.78, 5) is 18.8. The van der Waals surface area contributed by atoms with Crippen molar-refractivity contribution >= 4 is 17.2 Å². The van der Waals surface area contributed by atoms with Crippen molar-refractivity contribution in [3.63, 3.8) is 0 Å². The normalized spacial score (nSPS) is 20.1. The van der Waals surface area contributed by atoms with Crippen LogP contribution in [-0.2, 0) is 4.74 Å². The second-order valence-corrected chi connectivity index (χ2v) is 7.06. The van der Waals surface area contributed by atoms with Crippen LogP contribution in [0.25, 0.3) is 0 Å². The molecular weight excluding hydrogens is 298 g/mol. The summed E-state index contributed by atoms with van der Waals surface area (Å²) in [5, 5.41) is 5.83. The average molecular weight is 325 g/mol. The molecule has 5 nitrogen and oxygen atoms in total. The van der Waals surface area contributed by atoms with Crippen LogP contribution >= 0.6 is 11.3 Å². The van der Waals surface area contributed by atoms with Crippen LogP contribution in [0.15, 0.2) is 5.38 Å². The number of rotatable bonds is 6. The topological polar surface area (TPSA) is 54.5 Å². The molecular formula is C16H27N3O2S. The van der Waals surface area contributed by atoms with Crippen LogP contribution in [0.4, 0.5) is 0 Å². The Balaban J connectivity index is 1.68. The van der Waals surface area contributed by atoms with Crippen LogP contribution in [0.2, 0.25) is 0 Å². The van der Waals surface area contributed by atoms with Crippen molar-refractivity contribution < 1.29 is 9.53 Å². The number of ether oxygens (including phenoxy) is 1. The summed E-state index contributed by atoms with van der Waals surface area (Å²) >= 11 is 1.56. The molecule has 1 saturated heterocycles. The molecule has 1 amide bonds. The van der Waals surface area contributed by atoms with Gasteiger partial charge in [0.05, 0.1) is 11.1 Å². The fraction of sp³-hybridized carbons (Fsp3) is 0.750. The van der Waals surface area contributed by atoms with Crippen molar-refractivity contribution in [2.75, 3.05) is 32.8 Å². The van der Waals surface area contributed by atoms with Gasteiger partial charge in [-0.2, -0.15) is 0 Å². The van der Waals surface area contributed by atoms with E-state index in [9.17, 15) is 4.79 Å². The molecule has 1 unspecified atom stereocenters. The molecule has 0 saturated carbocycles. The van der Waals surface area contributed by atoms with Gasteiger partial charge in [0.15, 0.2) is 0 Å². The predicted molar refractivity (Wildman–Crippen MR) is 89.6 cm³/mol. The first kappa shape index (κ1) is 17.4. The van der Waals surface area contributed by atoms with Gasteiger partial charge in [-0.15, -0.1) is 11.3 Å². The van der Waals surface area contributed by atoms with Gasteiger partial charge in [-0.1, -0.05) is 13.8 Å². The zero-order valence-electron chi connectivity index (χ0n) is 13.8. The highest BCUT2D eigenvalue weighted by Crippen LogP contribution is 2.18. The molecule has 1 aromatic rings. The first-order valence-corrected chi connectivity index (χ1v) is 9.02. The lowest BCUT2D eigenvalue weighted by Crippen LogP contribution is -2.33. The minimum absolute atomic E-state index is 0.0595. The number of carbonyl (C=O) groups is 1. The summed E-state index contributed by atoms with van der Waals surface area (Å²) in [5.41, 5.74) is 0.547. The third kappa shape index (κ3) is 5.34. The predicted octanol–water partition coefficient (Wildman–Crippen LogP) is 2.50. The molecule has 124 valence electrons. The second-order valence-electron chi connectivity index (χ2n) is 6.17. The van der Waals surface area contributed by atoms with Crippen LogP contribution in [0.1, 0.15) is 55.0 Å². The van der Waals surface area contributed by atoms with E-state index >= 15 is 0 Å². The molecule has 2 heterocycles. The number of aromatic nitrogens is 1. The lowest BCUT2D eigenvalue weighted by atomic mass is 10.2. The highest BCUT2D eigenvalue weighted by molar-refractivity contribution is 7.09. The Morgan fingerprint density at radius 1 is 1.59 bits per heavy atom. The molecule has 1 aliphatic rings. The van der Waals surface area contributed by atoms with Gasteiger partial charge in [0, 0.05) is 37.5 Å². The molecule has 1 atom stereocenters. The molecule has 1 N–H and O–H groups in total. The third-order valence-electron chi connectivity index (χ3n) is 3.72. The Labute approximate surface area is 137 Å². The quantitative estimate of drug-likeness (QED) is 0.817. The monoisotopic (exact) mass is 325 g/mol. The Morgan fingerprint density at radius 3 is 3.14 bits per heavy atom. The minimum atomic E-state index is -0.0595. The zero-order chi connectivity index (χ0) is 15.9. The van der Waals surface area contributed by atoms with Gasteiger partial charge in [0.25, 0.3) is 5.91 Å². The Bertz CT molecular complexity index is 476. The van der Waals surface area contributed by atoms with E-state index in [0.717, 1.165) is 44.1 Å². The van der Waals surface area contributed by atoms with Crippen molar-refractivity contribution in [1.29, 1.82) is 0 Å². The number of amides is 1. The van der Waals surface area contributed by atoms with Crippen LogP contribution < -0.4 is 5.32 Å². The molecule has 0 spiro atoms. The van der Waals surface area contributed by atoms with Crippen molar-refractivity contribution in [1.82, 2.24) is 15.2 Å². The van der Waals surface area contributed by atoms with Crippen molar-refractivity contribution in [3.8, 4) is 0 Å². The standard InChI is InChI=1S/C16H27N3O2S/c1-12(2)16-18-14(11-22-16)15(20)17-6-4-7-19-8-5-9-21-13(3)10-19/h11-13H,4-10H2,1-3H3,(H,17,20). The molecule has 22 heavy (non-hydrogen) atoms. The van der Waals surface area contributed by atoms with E-state index in [1.54, 1.807) is 11.3 Å². The van der Waals surface area contributed by atoms with E-state index in [1.807, 2.05) is 5.38 Å². The Hall–Kier alpha value is -0.980. The van der Waals surface area contributed by atoms with Gasteiger partial charge in [-0.3, -0.25) is 4.79 Å². The number of nitrogens with one attached hydrogen (secondary N) is 1. The lowest BCUT2D eigenvalue weighted by Gasteiger charge is -2.21. The maximum Gasteiger partial charge on any atom is 0.270 e. The van der Waals surface area contributed by atoms with Gasteiger partial charge >= 0.3 is 0 Å². The van der Waals surface area contributed by atoms with E-state index in [0.29, 0.717) is 24.3 Å². The van der Waals surface area contributed by atoms with Gasteiger partial charge in [0.2, 0.25) is 0 Å². The van der Waals surface area contributed by atoms with Crippen molar-refractivity contribution in [3.05, 3.63) is 16.1 Å². The zero-order valence-corrected chi connectivity index (χ0v) is 14.6. The van der Waals surface area contributed by atoms with E-state index in [2.05, 4.69) is 36.0 Å². The number of carbonyl (C=O) groups excluding carboxylic acids is 1. The highest BCUT2D eigenvalue weighted by atomic mass is 32.1. The average Bonchev–Trinajstić information content (AvgIpc) is 2.89. The van der Waals surface area contributed by atoms with Crippen LogP contribution in [-0.4, -0.2) is 54.7 Å². The summed E-state index contributed by atoms with van der Waals surface area (Å²) in [5.74, 6) is 0.314. The first-order chi connectivity index (χ1) is 10.6. The number of nitrogens with zero attached hydrogens (tertiary/aromatic N) is 2. The van der Waals surface area contributed by atoms with Crippen LogP contribution in [0.5, 0.6) is 0 Å². The van der Waals surface area contributed by atoms with E-state index in [1.165, 1.54) is 0 Å². The van der Waals surface area contributed by atoms with E-state index in [-0.39, 0.29) is 5.91 Å². The molecule has 1 aliphatic heterocycles.